The van der Waals surface area contributed by atoms with Crippen LogP contribution in [0, 0.1) is 0 Å². The molecule has 3 heterocycles. The summed E-state index contributed by atoms with van der Waals surface area (Å²) in [5.41, 5.74) is 1.18. The highest BCUT2D eigenvalue weighted by atomic mass is 16.5. The number of nitrogens with zero attached hydrogens (tertiary/aromatic N) is 4. The molecular weight excluding hydrogens is 396 g/mol. The van der Waals surface area contributed by atoms with E-state index in [1.165, 1.54) is 5.56 Å². The molecule has 0 radical (unpaired) electrons. The summed E-state index contributed by atoms with van der Waals surface area (Å²) in [6, 6.07) is 6.43. The Morgan fingerprint density at radius 2 is 1.77 bits per heavy atom. The van der Waals surface area contributed by atoms with E-state index >= 15 is 0 Å². The Hall–Kier alpha value is -1.42. The van der Waals surface area contributed by atoms with Crippen LogP contribution in [0.1, 0.15) is 5.56 Å². The number of ether oxygens (including phenoxy) is 3. The Kier molecular flexibility index (Phi) is 8.03. The zero-order valence-electron chi connectivity index (χ0n) is 19.0. The topological polar surface area (TPSA) is 60.9 Å². The van der Waals surface area contributed by atoms with E-state index in [4.69, 9.17) is 14.2 Å². The predicted molar refractivity (Wildman–Crippen MR) is 120 cm³/mol. The molecule has 0 aliphatic carbocycles. The molecule has 3 saturated heterocycles. The van der Waals surface area contributed by atoms with Gasteiger partial charge in [0.1, 0.15) is 6.61 Å². The summed E-state index contributed by atoms with van der Waals surface area (Å²) >= 11 is 0. The van der Waals surface area contributed by atoms with Crippen molar-refractivity contribution in [2.24, 2.45) is 0 Å². The third-order valence-electron chi connectivity index (χ3n) is 6.74. The molecule has 3 fully saturated rings. The van der Waals surface area contributed by atoms with Crippen molar-refractivity contribution in [1.82, 2.24) is 19.6 Å². The van der Waals surface area contributed by atoms with Crippen LogP contribution >= 0.6 is 0 Å². The minimum absolute atomic E-state index is 0.235. The lowest BCUT2D eigenvalue weighted by Gasteiger charge is -2.37. The zero-order valence-corrected chi connectivity index (χ0v) is 19.0. The molecule has 0 spiro atoms. The van der Waals surface area contributed by atoms with E-state index in [2.05, 4.69) is 38.8 Å². The van der Waals surface area contributed by atoms with E-state index in [0.717, 1.165) is 90.2 Å². The zero-order chi connectivity index (χ0) is 21.6. The largest absolute Gasteiger partial charge is 0.493 e. The number of morpholine rings is 1. The van der Waals surface area contributed by atoms with Gasteiger partial charge in [0.2, 0.25) is 0 Å². The molecule has 1 aromatic carbocycles. The number of likely N-dealkylation sites (N-methyl/N-ethyl adjacent to an activating group) is 1. The molecule has 3 aliphatic heterocycles. The van der Waals surface area contributed by atoms with E-state index in [0.29, 0.717) is 6.61 Å². The minimum atomic E-state index is -0.284. The molecule has 0 unspecified atom stereocenters. The number of methoxy groups -OCH3 is 1. The van der Waals surface area contributed by atoms with E-state index in [9.17, 15) is 5.11 Å². The third-order valence-corrected chi connectivity index (χ3v) is 6.74. The van der Waals surface area contributed by atoms with Crippen molar-refractivity contribution in [3.05, 3.63) is 23.8 Å². The molecule has 0 amide bonds. The van der Waals surface area contributed by atoms with Crippen molar-refractivity contribution in [1.29, 1.82) is 0 Å². The molecule has 31 heavy (non-hydrogen) atoms. The van der Waals surface area contributed by atoms with Crippen LogP contribution in [0.5, 0.6) is 11.5 Å². The van der Waals surface area contributed by atoms with Crippen LogP contribution in [0.3, 0.4) is 0 Å². The fraction of sp³-hybridized carbons (Fsp3) is 0.739. The van der Waals surface area contributed by atoms with Gasteiger partial charge in [-0.1, -0.05) is 6.07 Å². The monoisotopic (exact) mass is 434 g/mol. The molecule has 1 N–H and O–H groups in total. The Labute approximate surface area is 186 Å². The lowest BCUT2D eigenvalue weighted by molar-refractivity contribution is 0.0321. The molecule has 0 bridgehead atoms. The second kappa shape index (κ2) is 10.9. The van der Waals surface area contributed by atoms with Crippen LogP contribution in [-0.4, -0.2) is 130 Å². The van der Waals surface area contributed by atoms with Gasteiger partial charge in [-0.15, -0.1) is 0 Å². The van der Waals surface area contributed by atoms with Gasteiger partial charge in [-0.2, -0.15) is 0 Å². The first kappa shape index (κ1) is 22.8. The van der Waals surface area contributed by atoms with Gasteiger partial charge >= 0.3 is 0 Å². The van der Waals surface area contributed by atoms with Gasteiger partial charge in [-0.25, -0.2) is 0 Å². The molecule has 8 nitrogen and oxygen atoms in total. The summed E-state index contributed by atoms with van der Waals surface area (Å²) in [6.07, 6.45) is -0.284. The second-order valence-corrected chi connectivity index (χ2v) is 8.96. The number of hydrogen-bond donors (Lipinski definition) is 1. The number of β-amino-alcohol motifs (C(OH)–C–C–N with tert-alkyl or cyclic N) is 1. The maximum absolute atomic E-state index is 10.7. The standard InChI is InChI=1S/C23H38N4O4/c1-24-5-7-27(8-6-24)20-17-26(18-21(20)28)16-19-3-4-22(23(15-19)29-2)31-14-11-25-9-12-30-13-10-25/h3-4,15,20-21,28H,5-14,16-18H2,1-2H3/t20-,21-/m0/s1. The van der Waals surface area contributed by atoms with Crippen LogP contribution in [0.4, 0.5) is 0 Å². The number of aliphatic hydroxyl groups excluding tert-OH is 1. The van der Waals surface area contributed by atoms with E-state index in [1.54, 1.807) is 7.11 Å². The smallest absolute Gasteiger partial charge is 0.161 e. The highest BCUT2D eigenvalue weighted by Gasteiger charge is 2.36. The molecule has 174 valence electrons. The number of rotatable bonds is 8. The highest BCUT2D eigenvalue weighted by molar-refractivity contribution is 5.43. The predicted octanol–water partition coefficient (Wildman–Crippen LogP) is 0.199. The number of hydrogen-bond acceptors (Lipinski definition) is 8. The van der Waals surface area contributed by atoms with Gasteiger partial charge in [-0.3, -0.25) is 14.7 Å². The van der Waals surface area contributed by atoms with Crippen LogP contribution in [-0.2, 0) is 11.3 Å². The van der Waals surface area contributed by atoms with Crippen LogP contribution in [0.2, 0.25) is 0 Å². The lowest BCUT2D eigenvalue weighted by Crippen LogP contribution is -2.52. The maximum Gasteiger partial charge on any atom is 0.161 e. The summed E-state index contributed by atoms with van der Waals surface area (Å²) in [4.78, 5) is 9.52. The average molecular weight is 435 g/mol. The van der Waals surface area contributed by atoms with Crippen molar-refractivity contribution in [3.63, 3.8) is 0 Å². The number of benzene rings is 1. The van der Waals surface area contributed by atoms with E-state index in [1.807, 2.05) is 6.07 Å². The SMILES string of the molecule is COc1cc(CN2C[C@H](O)[C@@H](N3CCN(C)CC3)C2)ccc1OCCN1CCOCC1. The molecule has 0 saturated carbocycles. The average Bonchev–Trinajstić information content (AvgIpc) is 3.15. The fourth-order valence-corrected chi connectivity index (χ4v) is 4.79. The molecule has 3 aliphatic rings. The Morgan fingerprint density at radius 3 is 2.52 bits per heavy atom. The lowest BCUT2D eigenvalue weighted by atomic mass is 10.1. The first-order chi connectivity index (χ1) is 15.1. The van der Waals surface area contributed by atoms with Gasteiger partial charge in [0.05, 0.1) is 26.4 Å². The highest BCUT2D eigenvalue weighted by Crippen LogP contribution is 2.29. The van der Waals surface area contributed by atoms with Gasteiger partial charge in [0.15, 0.2) is 11.5 Å². The van der Waals surface area contributed by atoms with Crippen molar-refractivity contribution in [3.8, 4) is 11.5 Å². The summed E-state index contributed by atoms with van der Waals surface area (Å²) in [7, 11) is 3.86. The molecular formula is C23H38N4O4. The summed E-state index contributed by atoms with van der Waals surface area (Å²) in [5.74, 6) is 1.56. The Morgan fingerprint density at radius 1 is 1.00 bits per heavy atom. The summed E-state index contributed by atoms with van der Waals surface area (Å²) < 4.78 is 17.0. The van der Waals surface area contributed by atoms with Crippen LogP contribution < -0.4 is 9.47 Å². The Bertz CT molecular complexity index is 692. The number of aliphatic hydroxyl groups is 1. The fourth-order valence-electron chi connectivity index (χ4n) is 4.79. The molecule has 1 aromatic rings. The van der Waals surface area contributed by atoms with Crippen molar-refractivity contribution < 1.29 is 19.3 Å². The first-order valence-corrected chi connectivity index (χ1v) is 11.5. The van der Waals surface area contributed by atoms with Crippen molar-refractivity contribution in [2.75, 3.05) is 92.9 Å². The third kappa shape index (κ3) is 6.09. The van der Waals surface area contributed by atoms with Gasteiger partial charge in [0, 0.05) is 71.5 Å². The van der Waals surface area contributed by atoms with Crippen LogP contribution in [0.25, 0.3) is 0 Å². The molecule has 2 atom stereocenters. The number of piperazine rings is 1. The Balaban J connectivity index is 1.28. The van der Waals surface area contributed by atoms with Crippen LogP contribution in [0.15, 0.2) is 18.2 Å². The maximum atomic E-state index is 10.7. The summed E-state index contributed by atoms with van der Waals surface area (Å²) in [5, 5.41) is 10.7. The first-order valence-electron chi connectivity index (χ1n) is 11.5. The second-order valence-electron chi connectivity index (χ2n) is 8.96. The quantitative estimate of drug-likeness (QED) is 0.623. The molecule has 0 aromatic heterocycles. The summed E-state index contributed by atoms with van der Waals surface area (Å²) in [6.45, 7) is 11.8. The molecule has 8 heteroatoms. The van der Waals surface area contributed by atoms with E-state index < -0.39 is 0 Å². The normalized spacial score (nSPS) is 26.9. The van der Waals surface area contributed by atoms with E-state index in [-0.39, 0.29) is 12.1 Å². The van der Waals surface area contributed by atoms with Crippen molar-refractivity contribution >= 4 is 0 Å². The molecule has 4 rings (SSSR count). The van der Waals surface area contributed by atoms with Gasteiger partial charge in [-0.05, 0) is 24.7 Å². The number of likely N-dealkylation sites (tertiary alicyclic amines) is 1. The van der Waals surface area contributed by atoms with Gasteiger partial charge in [0.25, 0.3) is 0 Å². The minimum Gasteiger partial charge on any atom is -0.493 e. The van der Waals surface area contributed by atoms with Crippen molar-refractivity contribution in [2.45, 2.75) is 18.7 Å². The van der Waals surface area contributed by atoms with Gasteiger partial charge < -0.3 is 24.2 Å².